The van der Waals surface area contributed by atoms with E-state index in [-0.39, 0.29) is 5.97 Å². The standard InChI is InChI=1S/C9H16O3/c1-3-4-5-6-9(7-12-9)8(10)11-2/h3-7H2,1-2H3. The minimum Gasteiger partial charge on any atom is -0.467 e. The average Bonchev–Trinajstić information content (AvgIpc) is 2.85. The van der Waals surface area contributed by atoms with Gasteiger partial charge in [-0.25, -0.2) is 4.79 Å². The van der Waals surface area contributed by atoms with Crippen molar-refractivity contribution >= 4 is 5.97 Å². The van der Waals surface area contributed by atoms with Gasteiger partial charge in [0.15, 0.2) is 5.60 Å². The summed E-state index contributed by atoms with van der Waals surface area (Å²) in [6, 6.07) is 0. The van der Waals surface area contributed by atoms with Crippen LogP contribution in [-0.2, 0) is 14.3 Å². The van der Waals surface area contributed by atoms with Crippen LogP contribution in [0, 0.1) is 0 Å². The number of ether oxygens (including phenoxy) is 2. The quantitative estimate of drug-likeness (QED) is 0.358. The molecule has 1 saturated heterocycles. The van der Waals surface area contributed by atoms with Crippen LogP contribution in [0.4, 0.5) is 0 Å². The van der Waals surface area contributed by atoms with E-state index < -0.39 is 5.60 Å². The zero-order valence-corrected chi connectivity index (χ0v) is 7.76. The number of carbonyl (C=O) groups is 1. The van der Waals surface area contributed by atoms with Crippen LogP contribution in [0.15, 0.2) is 0 Å². The lowest BCUT2D eigenvalue weighted by Gasteiger charge is -2.07. The molecular weight excluding hydrogens is 156 g/mol. The highest BCUT2D eigenvalue weighted by molar-refractivity contribution is 5.82. The van der Waals surface area contributed by atoms with E-state index in [1.54, 1.807) is 0 Å². The number of hydrogen-bond donors (Lipinski definition) is 0. The third-order valence-corrected chi connectivity index (χ3v) is 2.23. The highest BCUT2D eigenvalue weighted by Crippen LogP contribution is 2.34. The fourth-order valence-electron chi connectivity index (χ4n) is 1.30. The first-order chi connectivity index (χ1) is 5.75. The summed E-state index contributed by atoms with van der Waals surface area (Å²) in [7, 11) is 1.41. The van der Waals surface area contributed by atoms with E-state index in [9.17, 15) is 4.79 Å². The molecule has 70 valence electrons. The van der Waals surface area contributed by atoms with Crippen molar-refractivity contribution < 1.29 is 14.3 Å². The number of methoxy groups -OCH3 is 1. The molecule has 0 aromatic rings. The summed E-state index contributed by atoms with van der Waals surface area (Å²) >= 11 is 0. The molecule has 1 heterocycles. The second-order valence-corrected chi connectivity index (χ2v) is 3.23. The molecule has 0 N–H and O–H groups in total. The molecule has 1 atom stereocenters. The summed E-state index contributed by atoms with van der Waals surface area (Å²) < 4.78 is 9.77. The van der Waals surface area contributed by atoms with Gasteiger partial charge in [-0.15, -0.1) is 0 Å². The van der Waals surface area contributed by atoms with Crippen molar-refractivity contribution in [3.8, 4) is 0 Å². The monoisotopic (exact) mass is 172 g/mol. The van der Waals surface area contributed by atoms with E-state index in [2.05, 4.69) is 11.7 Å². The molecule has 1 unspecified atom stereocenters. The van der Waals surface area contributed by atoms with Crippen LogP contribution in [0.2, 0.25) is 0 Å². The van der Waals surface area contributed by atoms with Gasteiger partial charge in [0.1, 0.15) is 0 Å². The van der Waals surface area contributed by atoms with Crippen LogP contribution in [0.1, 0.15) is 32.6 Å². The van der Waals surface area contributed by atoms with Crippen molar-refractivity contribution in [2.45, 2.75) is 38.2 Å². The number of carbonyl (C=O) groups excluding carboxylic acids is 1. The molecule has 0 aromatic heterocycles. The molecule has 0 aromatic carbocycles. The molecule has 0 bridgehead atoms. The Kier molecular flexibility index (Phi) is 3.09. The van der Waals surface area contributed by atoms with Gasteiger partial charge in [-0.3, -0.25) is 0 Å². The molecule has 1 aliphatic heterocycles. The first-order valence-corrected chi connectivity index (χ1v) is 4.47. The van der Waals surface area contributed by atoms with E-state index in [4.69, 9.17) is 4.74 Å². The van der Waals surface area contributed by atoms with Crippen molar-refractivity contribution in [1.82, 2.24) is 0 Å². The molecule has 0 saturated carbocycles. The fourth-order valence-corrected chi connectivity index (χ4v) is 1.30. The van der Waals surface area contributed by atoms with E-state index in [1.807, 2.05) is 0 Å². The maximum absolute atomic E-state index is 11.1. The van der Waals surface area contributed by atoms with Gasteiger partial charge in [0.05, 0.1) is 13.7 Å². The summed E-state index contributed by atoms with van der Waals surface area (Å²) in [5.74, 6) is -0.210. The zero-order valence-electron chi connectivity index (χ0n) is 7.76. The number of rotatable bonds is 5. The molecule has 0 aliphatic carbocycles. The van der Waals surface area contributed by atoms with Crippen LogP contribution >= 0.6 is 0 Å². The van der Waals surface area contributed by atoms with E-state index in [1.165, 1.54) is 7.11 Å². The molecule has 0 radical (unpaired) electrons. The molecule has 12 heavy (non-hydrogen) atoms. The summed E-state index contributed by atoms with van der Waals surface area (Å²) in [6.45, 7) is 2.68. The number of unbranched alkanes of at least 4 members (excludes halogenated alkanes) is 2. The van der Waals surface area contributed by atoms with Gasteiger partial charge in [0.2, 0.25) is 0 Å². The average molecular weight is 172 g/mol. The Bertz CT molecular complexity index is 161. The van der Waals surface area contributed by atoms with Gasteiger partial charge >= 0.3 is 5.97 Å². The van der Waals surface area contributed by atoms with Crippen molar-refractivity contribution in [1.29, 1.82) is 0 Å². The second-order valence-electron chi connectivity index (χ2n) is 3.23. The van der Waals surface area contributed by atoms with Gasteiger partial charge in [0, 0.05) is 0 Å². The van der Waals surface area contributed by atoms with Crippen molar-refractivity contribution in [2.24, 2.45) is 0 Å². The molecule has 1 aliphatic rings. The van der Waals surface area contributed by atoms with Gasteiger partial charge in [0.25, 0.3) is 0 Å². The minimum atomic E-state index is -0.552. The first-order valence-electron chi connectivity index (χ1n) is 4.47. The molecule has 1 fully saturated rings. The molecule has 3 heteroatoms. The summed E-state index contributed by atoms with van der Waals surface area (Å²) in [6.07, 6.45) is 4.18. The smallest absolute Gasteiger partial charge is 0.340 e. The molecular formula is C9H16O3. The van der Waals surface area contributed by atoms with Gasteiger partial charge < -0.3 is 9.47 Å². The zero-order chi connectivity index (χ0) is 9.03. The summed E-state index contributed by atoms with van der Waals surface area (Å²) in [4.78, 5) is 11.1. The Morgan fingerprint density at radius 1 is 1.58 bits per heavy atom. The molecule has 0 amide bonds. The van der Waals surface area contributed by atoms with Crippen LogP contribution < -0.4 is 0 Å². The number of epoxide rings is 1. The van der Waals surface area contributed by atoms with Gasteiger partial charge in [-0.2, -0.15) is 0 Å². The molecule has 1 rings (SSSR count). The fraction of sp³-hybridized carbons (Fsp3) is 0.889. The third-order valence-electron chi connectivity index (χ3n) is 2.23. The van der Waals surface area contributed by atoms with E-state index in [0.717, 1.165) is 25.7 Å². The van der Waals surface area contributed by atoms with Crippen molar-refractivity contribution in [3.05, 3.63) is 0 Å². The molecule has 0 spiro atoms. The predicted octanol–water partition coefficient (Wildman–Crippen LogP) is 1.51. The largest absolute Gasteiger partial charge is 0.467 e. The first kappa shape index (κ1) is 9.52. The highest BCUT2D eigenvalue weighted by Gasteiger charge is 2.52. The Morgan fingerprint density at radius 3 is 2.67 bits per heavy atom. The highest BCUT2D eigenvalue weighted by atomic mass is 16.6. The summed E-state index contributed by atoms with van der Waals surface area (Å²) in [5, 5.41) is 0. The lowest BCUT2D eigenvalue weighted by molar-refractivity contribution is -0.147. The van der Waals surface area contributed by atoms with Crippen molar-refractivity contribution in [3.63, 3.8) is 0 Å². The normalized spacial score (nSPS) is 26.8. The Labute approximate surface area is 73.0 Å². The van der Waals surface area contributed by atoms with Crippen LogP contribution in [0.5, 0.6) is 0 Å². The number of esters is 1. The topological polar surface area (TPSA) is 38.8 Å². The minimum absolute atomic E-state index is 0.210. The summed E-state index contributed by atoms with van der Waals surface area (Å²) in [5.41, 5.74) is -0.552. The van der Waals surface area contributed by atoms with Crippen LogP contribution in [0.25, 0.3) is 0 Å². The maximum Gasteiger partial charge on any atom is 0.340 e. The lowest BCUT2D eigenvalue weighted by atomic mass is 10.0. The SMILES string of the molecule is CCCCCC1(C(=O)OC)CO1. The van der Waals surface area contributed by atoms with Crippen LogP contribution in [-0.4, -0.2) is 25.3 Å². The van der Waals surface area contributed by atoms with Gasteiger partial charge in [-0.1, -0.05) is 19.8 Å². The second kappa shape index (κ2) is 3.90. The van der Waals surface area contributed by atoms with Gasteiger partial charge in [-0.05, 0) is 12.8 Å². The molecule has 3 nitrogen and oxygen atoms in total. The van der Waals surface area contributed by atoms with E-state index in [0.29, 0.717) is 6.61 Å². The number of hydrogen-bond acceptors (Lipinski definition) is 3. The third kappa shape index (κ3) is 1.97. The maximum atomic E-state index is 11.1. The Morgan fingerprint density at radius 2 is 2.25 bits per heavy atom. The Balaban J connectivity index is 2.25. The lowest BCUT2D eigenvalue weighted by Crippen LogP contribution is -2.25. The van der Waals surface area contributed by atoms with E-state index >= 15 is 0 Å². The van der Waals surface area contributed by atoms with Crippen molar-refractivity contribution in [2.75, 3.05) is 13.7 Å². The predicted molar refractivity (Wildman–Crippen MR) is 44.8 cm³/mol. The van der Waals surface area contributed by atoms with Crippen LogP contribution in [0.3, 0.4) is 0 Å². The Hall–Kier alpha value is -0.570.